The SMILES string of the molecule is CN(Cc1cccc2ccccc12)C(=O)COc1ccc(C#N)cc1. The zero-order chi connectivity index (χ0) is 17.6. The fourth-order valence-corrected chi connectivity index (χ4v) is 2.66. The summed E-state index contributed by atoms with van der Waals surface area (Å²) in [4.78, 5) is 14.0. The lowest BCUT2D eigenvalue weighted by Crippen LogP contribution is -2.31. The van der Waals surface area contributed by atoms with Crippen LogP contribution < -0.4 is 4.74 Å². The zero-order valence-electron chi connectivity index (χ0n) is 14.0. The Kier molecular flexibility index (Phi) is 4.96. The third-order valence-electron chi connectivity index (χ3n) is 4.06. The van der Waals surface area contributed by atoms with Gasteiger partial charge in [0.25, 0.3) is 5.91 Å². The van der Waals surface area contributed by atoms with E-state index in [1.807, 2.05) is 30.3 Å². The number of ether oxygens (including phenoxy) is 1. The van der Waals surface area contributed by atoms with Gasteiger partial charge in [-0.05, 0) is 40.6 Å². The number of nitriles is 1. The van der Waals surface area contributed by atoms with Gasteiger partial charge in [0.15, 0.2) is 6.61 Å². The van der Waals surface area contributed by atoms with Crippen molar-refractivity contribution in [3.05, 3.63) is 77.9 Å². The van der Waals surface area contributed by atoms with Gasteiger partial charge < -0.3 is 9.64 Å². The van der Waals surface area contributed by atoms with Crippen molar-refractivity contribution < 1.29 is 9.53 Å². The Morgan fingerprint density at radius 2 is 1.76 bits per heavy atom. The molecule has 0 aromatic heterocycles. The van der Waals surface area contributed by atoms with Gasteiger partial charge in [0, 0.05) is 13.6 Å². The lowest BCUT2D eigenvalue weighted by atomic mass is 10.0. The number of hydrogen-bond acceptors (Lipinski definition) is 3. The molecule has 0 atom stereocenters. The number of likely N-dealkylation sites (N-methyl/N-ethyl adjacent to an activating group) is 1. The molecular weight excluding hydrogens is 312 g/mol. The fourth-order valence-electron chi connectivity index (χ4n) is 2.66. The molecule has 0 N–H and O–H groups in total. The molecule has 0 spiro atoms. The minimum Gasteiger partial charge on any atom is -0.484 e. The molecular formula is C21H18N2O2. The molecule has 0 aliphatic heterocycles. The highest BCUT2D eigenvalue weighted by Gasteiger charge is 2.11. The van der Waals surface area contributed by atoms with Crippen molar-refractivity contribution >= 4 is 16.7 Å². The molecule has 0 radical (unpaired) electrons. The minimum absolute atomic E-state index is 0.0346. The highest BCUT2D eigenvalue weighted by atomic mass is 16.5. The number of amides is 1. The number of hydrogen-bond donors (Lipinski definition) is 0. The summed E-state index contributed by atoms with van der Waals surface area (Å²) in [5, 5.41) is 11.1. The maximum absolute atomic E-state index is 12.3. The van der Waals surface area contributed by atoms with Crippen molar-refractivity contribution in [2.24, 2.45) is 0 Å². The van der Waals surface area contributed by atoms with Crippen LogP contribution in [0.15, 0.2) is 66.7 Å². The van der Waals surface area contributed by atoms with E-state index in [2.05, 4.69) is 18.2 Å². The molecule has 0 aliphatic carbocycles. The molecule has 25 heavy (non-hydrogen) atoms. The molecule has 124 valence electrons. The van der Waals surface area contributed by atoms with Crippen molar-refractivity contribution in [3.8, 4) is 11.8 Å². The summed E-state index contributed by atoms with van der Waals surface area (Å²) in [6, 6.07) is 23.0. The smallest absolute Gasteiger partial charge is 0.260 e. The summed E-state index contributed by atoms with van der Waals surface area (Å²) in [7, 11) is 1.77. The summed E-state index contributed by atoms with van der Waals surface area (Å²) >= 11 is 0. The van der Waals surface area contributed by atoms with Crippen LogP contribution in [0.5, 0.6) is 5.75 Å². The summed E-state index contributed by atoms with van der Waals surface area (Å²) in [5.74, 6) is 0.475. The first-order valence-electron chi connectivity index (χ1n) is 8.01. The van der Waals surface area contributed by atoms with E-state index in [0.29, 0.717) is 17.9 Å². The van der Waals surface area contributed by atoms with Crippen LogP contribution in [0.1, 0.15) is 11.1 Å². The Labute approximate surface area is 146 Å². The molecule has 1 amide bonds. The molecule has 0 heterocycles. The van der Waals surface area contributed by atoms with Crippen LogP contribution in [0.2, 0.25) is 0 Å². The van der Waals surface area contributed by atoms with Crippen molar-refractivity contribution in [2.75, 3.05) is 13.7 Å². The third kappa shape index (κ3) is 3.96. The van der Waals surface area contributed by atoms with E-state index in [9.17, 15) is 4.79 Å². The van der Waals surface area contributed by atoms with E-state index >= 15 is 0 Å². The molecule has 4 heteroatoms. The molecule has 0 fully saturated rings. The van der Waals surface area contributed by atoms with Gasteiger partial charge in [-0.25, -0.2) is 0 Å². The van der Waals surface area contributed by atoms with E-state index in [1.165, 1.54) is 0 Å². The first-order chi connectivity index (χ1) is 12.2. The molecule has 3 aromatic rings. The Morgan fingerprint density at radius 3 is 2.52 bits per heavy atom. The molecule has 3 rings (SSSR count). The van der Waals surface area contributed by atoms with Crippen LogP contribution in [-0.4, -0.2) is 24.5 Å². The second-order valence-electron chi connectivity index (χ2n) is 5.81. The molecule has 0 unspecified atom stereocenters. The lowest BCUT2D eigenvalue weighted by Gasteiger charge is -2.18. The predicted molar refractivity (Wildman–Crippen MR) is 97.1 cm³/mol. The van der Waals surface area contributed by atoms with Crippen LogP contribution in [0.25, 0.3) is 10.8 Å². The standard InChI is InChI=1S/C21H18N2O2/c1-23(14-18-7-4-6-17-5-2-3-8-20(17)18)21(24)15-25-19-11-9-16(13-22)10-12-19/h2-12H,14-15H2,1H3. The van der Waals surface area contributed by atoms with Crippen molar-refractivity contribution in [2.45, 2.75) is 6.54 Å². The number of rotatable bonds is 5. The Morgan fingerprint density at radius 1 is 1.04 bits per heavy atom. The highest BCUT2D eigenvalue weighted by Crippen LogP contribution is 2.19. The van der Waals surface area contributed by atoms with Crippen molar-refractivity contribution in [3.63, 3.8) is 0 Å². The van der Waals surface area contributed by atoms with Gasteiger partial charge in [0.1, 0.15) is 5.75 Å². The third-order valence-corrected chi connectivity index (χ3v) is 4.06. The van der Waals surface area contributed by atoms with Gasteiger partial charge in [0.2, 0.25) is 0 Å². The highest BCUT2D eigenvalue weighted by molar-refractivity contribution is 5.86. The van der Waals surface area contributed by atoms with Crippen LogP contribution in [0, 0.1) is 11.3 Å². The normalized spacial score (nSPS) is 10.2. The van der Waals surface area contributed by atoms with Gasteiger partial charge in [0.05, 0.1) is 11.6 Å². The van der Waals surface area contributed by atoms with E-state index < -0.39 is 0 Å². The Bertz CT molecular complexity index is 921. The van der Waals surface area contributed by atoms with E-state index in [-0.39, 0.29) is 12.5 Å². The quantitative estimate of drug-likeness (QED) is 0.716. The van der Waals surface area contributed by atoms with Gasteiger partial charge in [-0.15, -0.1) is 0 Å². The molecule has 4 nitrogen and oxygen atoms in total. The largest absolute Gasteiger partial charge is 0.484 e. The van der Waals surface area contributed by atoms with Gasteiger partial charge in [-0.1, -0.05) is 42.5 Å². The van der Waals surface area contributed by atoms with Gasteiger partial charge >= 0.3 is 0 Å². The molecule has 0 saturated heterocycles. The predicted octanol–water partition coefficient (Wildman–Crippen LogP) is 3.75. The first kappa shape index (κ1) is 16.5. The van der Waals surface area contributed by atoms with Crippen LogP contribution in [-0.2, 0) is 11.3 Å². The Balaban J connectivity index is 1.63. The Hall–Kier alpha value is -3.32. The number of benzene rings is 3. The lowest BCUT2D eigenvalue weighted by molar-refractivity contribution is -0.132. The summed E-state index contributed by atoms with van der Waals surface area (Å²) in [6.07, 6.45) is 0. The van der Waals surface area contributed by atoms with Crippen LogP contribution >= 0.6 is 0 Å². The fraction of sp³-hybridized carbons (Fsp3) is 0.143. The monoisotopic (exact) mass is 330 g/mol. The molecule has 0 aliphatic rings. The second-order valence-corrected chi connectivity index (χ2v) is 5.81. The summed E-state index contributed by atoms with van der Waals surface area (Å²) in [5.41, 5.74) is 1.67. The zero-order valence-corrected chi connectivity index (χ0v) is 14.0. The van der Waals surface area contributed by atoms with E-state index in [0.717, 1.165) is 16.3 Å². The summed E-state index contributed by atoms with van der Waals surface area (Å²) in [6.45, 7) is 0.490. The minimum atomic E-state index is -0.0997. The van der Waals surface area contributed by atoms with Crippen LogP contribution in [0.3, 0.4) is 0 Å². The molecule has 3 aromatic carbocycles. The van der Waals surface area contributed by atoms with E-state index in [4.69, 9.17) is 10.00 Å². The van der Waals surface area contributed by atoms with Crippen LogP contribution in [0.4, 0.5) is 0 Å². The summed E-state index contributed by atoms with van der Waals surface area (Å²) < 4.78 is 5.51. The average Bonchev–Trinajstić information content (AvgIpc) is 2.66. The van der Waals surface area contributed by atoms with Gasteiger partial charge in [-0.2, -0.15) is 5.26 Å². The van der Waals surface area contributed by atoms with Crippen molar-refractivity contribution in [1.29, 1.82) is 5.26 Å². The number of fused-ring (bicyclic) bond motifs is 1. The van der Waals surface area contributed by atoms with Crippen molar-refractivity contribution in [1.82, 2.24) is 4.90 Å². The molecule has 0 bridgehead atoms. The maximum atomic E-state index is 12.3. The number of carbonyl (C=O) groups is 1. The number of carbonyl (C=O) groups excluding carboxylic acids is 1. The van der Waals surface area contributed by atoms with E-state index in [1.54, 1.807) is 36.2 Å². The molecule has 0 saturated carbocycles. The van der Waals surface area contributed by atoms with Gasteiger partial charge in [-0.3, -0.25) is 4.79 Å². The average molecular weight is 330 g/mol. The topological polar surface area (TPSA) is 53.3 Å². The number of nitrogens with zero attached hydrogens (tertiary/aromatic N) is 2. The maximum Gasteiger partial charge on any atom is 0.260 e. The second kappa shape index (κ2) is 7.50. The first-order valence-corrected chi connectivity index (χ1v) is 8.01.